The number of ether oxygens (including phenoxy) is 1. The number of nitrogens with one attached hydrogen (secondary N) is 1. The minimum absolute atomic E-state index is 0.165. The van der Waals surface area contributed by atoms with Crippen LogP contribution in [0.5, 0.6) is 0 Å². The lowest BCUT2D eigenvalue weighted by Gasteiger charge is -2.26. The number of halogens is 2. The van der Waals surface area contributed by atoms with Crippen LogP contribution in [-0.2, 0) is 9.53 Å². The maximum absolute atomic E-state index is 13.8. The van der Waals surface area contributed by atoms with Crippen LogP contribution in [0, 0.1) is 11.7 Å². The fraction of sp³-hybridized carbons (Fsp3) is 0.364. The molecule has 9 heteroatoms. The highest BCUT2D eigenvalue weighted by Gasteiger charge is 2.30. The number of aromatic amines is 1. The van der Waals surface area contributed by atoms with Gasteiger partial charge in [-0.3, -0.25) is 4.79 Å². The van der Waals surface area contributed by atoms with Crippen molar-refractivity contribution in [2.24, 2.45) is 5.92 Å². The number of hydrogen-bond acceptors (Lipinski definition) is 5. The van der Waals surface area contributed by atoms with E-state index in [0.29, 0.717) is 44.9 Å². The fourth-order valence-electron chi connectivity index (χ4n) is 4.11. The molecule has 0 spiro atoms. The van der Waals surface area contributed by atoms with Gasteiger partial charge in [0.1, 0.15) is 17.1 Å². The van der Waals surface area contributed by atoms with Crippen molar-refractivity contribution in [3.05, 3.63) is 41.7 Å². The topological polar surface area (TPSA) is 85.7 Å². The number of fused-ring (bicyclic) bond motifs is 2. The minimum Gasteiger partial charge on any atom is -0.469 e. The summed E-state index contributed by atoms with van der Waals surface area (Å²) in [6.45, 7) is 4.03. The lowest BCUT2D eigenvalue weighted by Crippen LogP contribution is -2.27. The molecule has 1 N–H and O–H groups in total. The van der Waals surface area contributed by atoms with Crippen LogP contribution < -0.4 is 0 Å². The van der Waals surface area contributed by atoms with Gasteiger partial charge < -0.3 is 14.3 Å². The van der Waals surface area contributed by atoms with Gasteiger partial charge >= 0.3 is 5.97 Å². The quantitative estimate of drug-likeness (QED) is 0.391. The first kappa shape index (κ1) is 21.2. The average Bonchev–Trinajstić information content (AvgIpc) is 3.33. The summed E-state index contributed by atoms with van der Waals surface area (Å²) in [4.78, 5) is 28.8. The third-order valence-corrected chi connectivity index (χ3v) is 5.91. The zero-order valence-electron chi connectivity index (χ0n) is 17.5. The molecule has 31 heavy (non-hydrogen) atoms. The molecule has 0 saturated heterocycles. The molecule has 4 heterocycles. The van der Waals surface area contributed by atoms with Gasteiger partial charge in [-0.25, -0.2) is 19.3 Å². The van der Waals surface area contributed by atoms with Crippen LogP contribution in [-0.4, -0.2) is 37.6 Å². The van der Waals surface area contributed by atoms with Crippen LogP contribution >= 0.6 is 11.6 Å². The Kier molecular flexibility index (Phi) is 5.91. The molecule has 162 valence electrons. The van der Waals surface area contributed by atoms with Crippen molar-refractivity contribution in [2.45, 2.75) is 39.2 Å². The van der Waals surface area contributed by atoms with Gasteiger partial charge in [0.15, 0.2) is 5.82 Å². The van der Waals surface area contributed by atoms with Gasteiger partial charge in [-0.2, -0.15) is 0 Å². The smallest absolute Gasteiger partial charge is 0.310 e. The molecule has 0 aromatic carbocycles. The van der Waals surface area contributed by atoms with Crippen molar-refractivity contribution < 1.29 is 13.9 Å². The molecule has 4 aromatic rings. The Balaban J connectivity index is 1.88. The molecule has 0 aliphatic heterocycles. The van der Waals surface area contributed by atoms with Crippen LogP contribution in [0.2, 0.25) is 5.02 Å². The van der Waals surface area contributed by atoms with E-state index in [2.05, 4.69) is 21.9 Å². The molecule has 0 aliphatic carbocycles. The second-order valence-electron chi connectivity index (χ2n) is 7.46. The maximum atomic E-state index is 13.8. The predicted molar refractivity (Wildman–Crippen MR) is 117 cm³/mol. The number of nitrogens with zero attached hydrogens (tertiary/aromatic N) is 4. The number of carbonyl (C=O) groups is 1. The average molecular weight is 444 g/mol. The Morgan fingerprint density at radius 3 is 2.81 bits per heavy atom. The van der Waals surface area contributed by atoms with Gasteiger partial charge in [0.25, 0.3) is 0 Å². The number of carbonyl (C=O) groups excluding carboxylic acids is 1. The maximum Gasteiger partial charge on any atom is 0.310 e. The lowest BCUT2D eigenvalue weighted by molar-refractivity contribution is -0.147. The van der Waals surface area contributed by atoms with Crippen LogP contribution in [0.15, 0.2) is 30.9 Å². The summed E-state index contributed by atoms with van der Waals surface area (Å²) in [5.74, 6) is -0.607. The summed E-state index contributed by atoms with van der Waals surface area (Å²) >= 11 is 6.49. The Bertz CT molecular complexity index is 1250. The van der Waals surface area contributed by atoms with E-state index in [1.54, 1.807) is 18.6 Å². The van der Waals surface area contributed by atoms with Crippen molar-refractivity contribution in [3.8, 4) is 11.4 Å². The molecule has 4 rings (SSSR count). The first-order valence-electron chi connectivity index (χ1n) is 10.2. The number of hydrogen-bond donors (Lipinski definition) is 1. The number of esters is 1. The first-order valence-corrected chi connectivity index (χ1v) is 10.6. The molecule has 2 unspecified atom stereocenters. The Morgan fingerprint density at radius 1 is 1.29 bits per heavy atom. The lowest BCUT2D eigenvalue weighted by atomic mass is 9.93. The Labute approximate surface area is 183 Å². The Hall–Kier alpha value is -3.00. The van der Waals surface area contributed by atoms with Gasteiger partial charge in [0, 0.05) is 35.6 Å². The Morgan fingerprint density at radius 2 is 2.10 bits per heavy atom. The van der Waals surface area contributed by atoms with E-state index in [9.17, 15) is 9.18 Å². The second-order valence-corrected chi connectivity index (χ2v) is 7.87. The second kappa shape index (κ2) is 8.63. The predicted octanol–water partition coefficient (Wildman–Crippen LogP) is 5.31. The van der Waals surface area contributed by atoms with Crippen molar-refractivity contribution in [2.75, 3.05) is 7.11 Å². The molecule has 0 saturated carbocycles. The van der Waals surface area contributed by atoms with Crippen molar-refractivity contribution >= 4 is 39.6 Å². The summed E-state index contributed by atoms with van der Waals surface area (Å²) in [5.41, 5.74) is 1.81. The highest BCUT2D eigenvalue weighted by Crippen LogP contribution is 2.35. The van der Waals surface area contributed by atoms with Gasteiger partial charge in [-0.15, -0.1) is 0 Å². The van der Waals surface area contributed by atoms with E-state index >= 15 is 0 Å². The number of aromatic nitrogens is 5. The SMILES string of the molecule is CCCC(C(CC)C(=O)OC)n1cc(Cl)c2cnc(-c3c[nH]c4ncc(F)cc34)nc21. The standard InChI is InChI=1S/C22H23ClFN5O2/c1-4-6-18(13(5-2)22(30)31-3)29-11-17(23)16-10-27-20(28-21(16)29)15-9-26-19-14(15)7-12(24)8-25-19/h7-11,13,18H,4-6H2,1-3H3,(H,25,26). The van der Waals surface area contributed by atoms with Crippen LogP contribution in [0.1, 0.15) is 39.2 Å². The van der Waals surface area contributed by atoms with Crippen LogP contribution in [0.25, 0.3) is 33.5 Å². The number of methoxy groups -OCH3 is 1. The fourth-order valence-corrected chi connectivity index (χ4v) is 4.35. The molecule has 4 aromatic heterocycles. The minimum atomic E-state index is -0.437. The number of H-pyrrole nitrogens is 1. The third kappa shape index (κ3) is 3.76. The van der Waals surface area contributed by atoms with E-state index in [-0.39, 0.29) is 17.9 Å². The van der Waals surface area contributed by atoms with E-state index in [1.165, 1.54) is 13.2 Å². The first-order chi connectivity index (χ1) is 15.0. The molecular formula is C22H23ClFN5O2. The van der Waals surface area contributed by atoms with Crippen molar-refractivity contribution in [1.82, 2.24) is 24.5 Å². The highest BCUT2D eigenvalue weighted by atomic mass is 35.5. The van der Waals surface area contributed by atoms with E-state index in [0.717, 1.165) is 19.0 Å². The molecule has 0 fully saturated rings. The zero-order valence-corrected chi connectivity index (χ0v) is 18.3. The monoisotopic (exact) mass is 443 g/mol. The normalized spacial score (nSPS) is 13.6. The van der Waals surface area contributed by atoms with E-state index in [1.807, 2.05) is 11.5 Å². The van der Waals surface area contributed by atoms with Gasteiger partial charge in [0.05, 0.1) is 29.6 Å². The molecular weight excluding hydrogens is 421 g/mol. The molecule has 0 bridgehead atoms. The van der Waals surface area contributed by atoms with Gasteiger partial charge in [-0.05, 0) is 18.9 Å². The molecule has 0 aliphatic rings. The zero-order chi connectivity index (χ0) is 22.1. The summed E-state index contributed by atoms with van der Waals surface area (Å²) < 4.78 is 20.8. The summed E-state index contributed by atoms with van der Waals surface area (Å²) in [6, 6.07) is 1.24. The van der Waals surface area contributed by atoms with Crippen molar-refractivity contribution in [3.63, 3.8) is 0 Å². The van der Waals surface area contributed by atoms with Crippen molar-refractivity contribution in [1.29, 1.82) is 0 Å². The number of pyridine rings is 1. The van der Waals surface area contributed by atoms with E-state index < -0.39 is 5.82 Å². The van der Waals surface area contributed by atoms with E-state index in [4.69, 9.17) is 21.3 Å². The van der Waals surface area contributed by atoms with Gasteiger partial charge in [0.2, 0.25) is 0 Å². The van der Waals surface area contributed by atoms with Crippen LogP contribution in [0.3, 0.4) is 0 Å². The summed E-state index contributed by atoms with van der Waals surface area (Å²) in [7, 11) is 1.40. The highest BCUT2D eigenvalue weighted by molar-refractivity contribution is 6.35. The number of rotatable bonds is 7. The van der Waals surface area contributed by atoms with Crippen LogP contribution in [0.4, 0.5) is 4.39 Å². The molecule has 0 radical (unpaired) electrons. The molecule has 0 amide bonds. The molecule has 7 nitrogen and oxygen atoms in total. The van der Waals surface area contributed by atoms with Gasteiger partial charge in [-0.1, -0.05) is 31.9 Å². The third-order valence-electron chi connectivity index (χ3n) is 5.61. The largest absolute Gasteiger partial charge is 0.469 e. The molecule has 2 atom stereocenters. The summed E-state index contributed by atoms with van der Waals surface area (Å²) in [5, 5.41) is 1.79. The summed E-state index contributed by atoms with van der Waals surface area (Å²) in [6.07, 6.45) is 8.58.